The molecule has 0 saturated carbocycles. The molecule has 0 bridgehead atoms. The summed E-state index contributed by atoms with van der Waals surface area (Å²) < 4.78 is 16.9. The van der Waals surface area contributed by atoms with E-state index < -0.39 is 6.10 Å². The van der Waals surface area contributed by atoms with Crippen LogP contribution in [0, 0.1) is 11.8 Å². The van der Waals surface area contributed by atoms with E-state index in [1.54, 1.807) is 0 Å². The highest BCUT2D eigenvalue weighted by Gasteiger charge is 2.19. The molecule has 62 heavy (non-hydrogen) atoms. The van der Waals surface area contributed by atoms with E-state index >= 15 is 0 Å². The molecule has 0 unspecified atom stereocenters. The summed E-state index contributed by atoms with van der Waals surface area (Å²) >= 11 is 0. The molecule has 0 aliphatic heterocycles. The number of unbranched alkanes of at least 4 members (excludes halogenated alkanes) is 35. The summed E-state index contributed by atoms with van der Waals surface area (Å²) in [6.45, 7) is 11.4. The molecule has 1 atom stereocenters. The fraction of sp³-hybridized carbons (Fsp3) is 0.946. The van der Waals surface area contributed by atoms with Gasteiger partial charge in [0.1, 0.15) is 13.2 Å². The second-order valence-corrected chi connectivity index (χ2v) is 20.2. The van der Waals surface area contributed by atoms with E-state index in [4.69, 9.17) is 14.2 Å². The zero-order chi connectivity index (χ0) is 45.4. The molecular weight excluding hydrogens is 769 g/mol. The van der Waals surface area contributed by atoms with Crippen LogP contribution >= 0.6 is 0 Å². The van der Waals surface area contributed by atoms with Crippen LogP contribution in [0.15, 0.2) is 0 Å². The number of hydrogen-bond acceptors (Lipinski definition) is 6. The number of ether oxygens (including phenoxy) is 3. The van der Waals surface area contributed by atoms with Crippen LogP contribution in [-0.2, 0) is 28.6 Å². The minimum absolute atomic E-state index is 0.0630. The van der Waals surface area contributed by atoms with Gasteiger partial charge in [-0.1, -0.05) is 272 Å². The third kappa shape index (κ3) is 49.4. The minimum atomic E-state index is -0.762. The Hall–Kier alpha value is -1.59. The summed E-state index contributed by atoms with van der Waals surface area (Å²) in [7, 11) is 0. The van der Waals surface area contributed by atoms with Gasteiger partial charge in [-0.2, -0.15) is 0 Å². The van der Waals surface area contributed by atoms with Gasteiger partial charge in [-0.3, -0.25) is 14.4 Å². The fourth-order valence-electron chi connectivity index (χ4n) is 8.52. The van der Waals surface area contributed by atoms with Gasteiger partial charge in [0.25, 0.3) is 0 Å². The van der Waals surface area contributed by atoms with Gasteiger partial charge in [-0.25, -0.2) is 0 Å². The van der Waals surface area contributed by atoms with Crippen molar-refractivity contribution >= 4 is 17.9 Å². The van der Waals surface area contributed by atoms with E-state index in [1.165, 1.54) is 199 Å². The molecule has 6 heteroatoms. The highest BCUT2D eigenvalue weighted by Crippen LogP contribution is 2.18. The average Bonchev–Trinajstić information content (AvgIpc) is 3.24. The molecule has 0 aromatic heterocycles. The van der Waals surface area contributed by atoms with E-state index in [-0.39, 0.29) is 31.1 Å². The number of rotatable bonds is 50. The average molecular weight is 877 g/mol. The SMILES string of the molecule is CCCCCCCCCCCCCCCCC(=O)OC[C@@H](COC(=O)CCCCCCCCCCCCCC(C)C)OC(=O)CCCCCCCCCCCCCCCC(C)C. The maximum Gasteiger partial charge on any atom is 0.306 e. The van der Waals surface area contributed by atoms with E-state index in [0.29, 0.717) is 19.3 Å². The molecule has 0 aliphatic carbocycles. The molecule has 0 saturated heterocycles. The molecule has 0 aliphatic rings. The van der Waals surface area contributed by atoms with E-state index in [1.807, 2.05) is 0 Å². The molecule has 0 amide bonds. The van der Waals surface area contributed by atoms with Gasteiger partial charge in [0.05, 0.1) is 0 Å². The van der Waals surface area contributed by atoms with Crippen molar-refractivity contribution in [1.82, 2.24) is 0 Å². The van der Waals surface area contributed by atoms with Crippen molar-refractivity contribution in [2.24, 2.45) is 11.8 Å². The van der Waals surface area contributed by atoms with Gasteiger partial charge in [-0.15, -0.1) is 0 Å². The zero-order valence-corrected chi connectivity index (χ0v) is 42.5. The molecule has 0 heterocycles. The van der Waals surface area contributed by atoms with Gasteiger partial charge < -0.3 is 14.2 Å². The molecular formula is C56H108O6. The molecule has 0 aromatic rings. The topological polar surface area (TPSA) is 78.9 Å². The predicted octanol–water partition coefficient (Wildman–Crippen LogP) is 18.1. The summed E-state index contributed by atoms with van der Waals surface area (Å²) in [5, 5.41) is 0. The van der Waals surface area contributed by atoms with Crippen LogP contribution in [0.1, 0.15) is 311 Å². The van der Waals surface area contributed by atoms with Gasteiger partial charge in [0.2, 0.25) is 0 Å². The Morgan fingerprint density at radius 1 is 0.306 bits per heavy atom. The number of carbonyl (C=O) groups excluding carboxylic acids is 3. The third-order valence-corrected chi connectivity index (χ3v) is 12.7. The summed E-state index contributed by atoms with van der Waals surface area (Å²) in [6, 6.07) is 0. The van der Waals surface area contributed by atoms with Gasteiger partial charge >= 0.3 is 17.9 Å². The van der Waals surface area contributed by atoms with Crippen molar-refractivity contribution in [1.29, 1.82) is 0 Å². The Bertz CT molecular complexity index is 947. The first-order valence-electron chi connectivity index (χ1n) is 27.7. The Balaban J connectivity index is 4.31. The van der Waals surface area contributed by atoms with Crippen molar-refractivity contribution in [3.05, 3.63) is 0 Å². The minimum Gasteiger partial charge on any atom is -0.462 e. The predicted molar refractivity (Wildman–Crippen MR) is 266 cm³/mol. The van der Waals surface area contributed by atoms with Crippen LogP contribution < -0.4 is 0 Å². The van der Waals surface area contributed by atoms with Crippen molar-refractivity contribution in [2.45, 2.75) is 317 Å². The molecule has 0 fully saturated rings. The quantitative estimate of drug-likeness (QED) is 0.0344. The molecule has 0 rings (SSSR count). The van der Waals surface area contributed by atoms with Crippen LogP contribution in [-0.4, -0.2) is 37.2 Å². The highest BCUT2D eigenvalue weighted by atomic mass is 16.6. The lowest BCUT2D eigenvalue weighted by Gasteiger charge is -2.18. The fourth-order valence-corrected chi connectivity index (χ4v) is 8.52. The molecule has 0 spiro atoms. The lowest BCUT2D eigenvalue weighted by atomic mass is 10.0. The largest absolute Gasteiger partial charge is 0.462 e. The van der Waals surface area contributed by atoms with Crippen LogP contribution in [0.2, 0.25) is 0 Å². The normalized spacial score (nSPS) is 12.0. The first-order chi connectivity index (χ1) is 30.2. The van der Waals surface area contributed by atoms with E-state index in [9.17, 15) is 14.4 Å². The van der Waals surface area contributed by atoms with E-state index in [2.05, 4.69) is 34.6 Å². The van der Waals surface area contributed by atoms with Crippen molar-refractivity contribution < 1.29 is 28.6 Å². The summed E-state index contributed by atoms with van der Waals surface area (Å²) in [6.07, 6.45) is 50.9. The lowest BCUT2D eigenvalue weighted by Crippen LogP contribution is -2.30. The second kappa shape index (κ2) is 48.9. The zero-order valence-electron chi connectivity index (χ0n) is 42.5. The summed E-state index contributed by atoms with van der Waals surface area (Å²) in [5.41, 5.74) is 0. The van der Waals surface area contributed by atoms with Gasteiger partial charge in [0, 0.05) is 19.3 Å². The van der Waals surface area contributed by atoms with Crippen LogP contribution in [0.3, 0.4) is 0 Å². The molecule has 0 radical (unpaired) electrons. The second-order valence-electron chi connectivity index (χ2n) is 20.2. The summed E-state index contributed by atoms with van der Waals surface area (Å²) in [4.78, 5) is 38.1. The lowest BCUT2D eigenvalue weighted by molar-refractivity contribution is -0.167. The van der Waals surface area contributed by atoms with E-state index in [0.717, 1.165) is 69.6 Å². The Morgan fingerprint density at radius 2 is 0.532 bits per heavy atom. The van der Waals surface area contributed by atoms with Crippen molar-refractivity contribution in [3.63, 3.8) is 0 Å². The van der Waals surface area contributed by atoms with Crippen LogP contribution in [0.5, 0.6) is 0 Å². The third-order valence-electron chi connectivity index (χ3n) is 12.7. The summed E-state index contributed by atoms with van der Waals surface area (Å²) in [5.74, 6) is 0.823. The molecule has 6 nitrogen and oxygen atoms in total. The molecule has 368 valence electrons. The Labute approximate surface area is 387 Å². The van der Waals surface area contributed by atoms with Crippen LogP contribution in [0.25, 0.3) is 0 Å². The van der Waals surface area contributed by atoms with Crippen molar-refractivity contribution in [3.8, 4) is 0 Å². The number of carbonyl (C=O) groups is 3. The number of esters is 3. The monoisotopic (exact) mass is 877 g/mol. The molecule has 0 N–H and O–H groups in total. The van der Waals surface area contributed by atoms with Crippen molar-refractivity contribution in [2.75, 3.05) is 13.2 Å². The highest BCUT2D eigenvalue weighted by molar-refractivity contribution is 5.71. The standard InChI is InChI=1S/C56H108O6/c1-6-7-8-9-10-11-12-13-16-21-26-31-36-41-46-54(57)60-49-53(50-61-55(58)47-42-37-32-27-23-18-20-25-30-35-40-45-52(4)5)62-56(59)48-43-38-33-28-22-17-14-15-19-24-29-34-39-44-51(2)3/h51-53H,6-50H2,1-5H3/t53-/m0/s1. The van der Waals surface area contributed by atoms with Gasteiger partial charge in [0.15, 0.2) is 6.10 Å². The number of hydrogen-bond donors (Lipinski definition) is 0. The van der Waals surface area contributed by atoms with Crippen LogP contribution in [0.4, 0.5) is 0 Å². The maximum atomic E-state index is 12.8. The molecule has 0 aromatic carbocycles. The smallest absolute Gasteiger partial charge is 0.306 e. The Morgan fingerprint density at radius 3 is 0.790 bits per heavy atom. The first kappa shape index (κ1) is 60.4. The first-order valence-corrected chi connectivity index (χ1v) is 27.7. The Kier molecular flexibility index (Phi) is 47.6. The maximum absolute atomic E-state index is 12.8. The van der Waals surface area contributed by atoms with Gasteiger partial charge in [-0.05, 0) is 31.1 Å².